The summed E-state index contributed by atoms with van der Waals surface area (Å²) >= 11 is 3.79. The first-order valence-corrected chi connectivity index (χ1v) is 10.8. The van der Waals surface area contributed by atoms with Crippen LogP contribution in [-0.2, 0) is 10.2 Å². The number of hydrogen-bond donors (Lipinski definition) is 0. The largest absolute Gasteiger partial charge is 0.336 e. The van der Waals surface area contributed by atoms with Crippen LogP contribution in [0.3, 0.4) is 0 Å². The maximum absolute atomic E-state index is 13.6. The van der Waals surface area contributed by atoms with E-state index in [9.17, 15) is 4.79 Å². The van der Waals surface area contributed by atoms with Crippen LogP contribution in [0.15, 0.2) is 17.5 Å². The van der Waals surface area contributed by atoms with Gasteiger partial charge >= 0.3 is 0 Å². The van der Waals surface area contributed by atoms with E-state index in [4.69, 9.17) is 0 Å². The number of nitrogens with zero attached hydrogens (tertiary/aromatic N) is 1. The van der Waals surface area contributed by atoms with Crippen molar-refractivity contribution in [1.82, 2.24) is 4.90 Å². The first-order valence-electron chi connectivity index (χ1n) is 8.64. The minimum absolute atomic E-state index is 0.179. The van der Waals surface area contributed by atoms with Gasteiger partial charge in [0, 0.05) is 22.2 Å². The molecular weight excluding hydrogens is 310 g/mol. The Kier molecular flexibility index (Phi) is 4.02. The van der Waals surface area contributed by atoms with E-state index in [0.717, 1.165) is 18.1 Å². The van der Waals surface area contributed by atoms with Crippen LogP contribution in [0.2, 0.25) is 0 Å². The van der Waals surface area contributed by atoms with Crippen LogP contribution in [0.5, 0.6) is 0 Å². The molecule has 120 valence electrons. The molecule has 2 nitrogen and oxygen atoms in total. The smallest absolute Gasteiger partial charge is 0.234 e. The van der Waals surface area contributed by atoms with Crippen molar-refractivity contribution >= 4 is 29.0 Å². The van der Waals surface area contributed by atoms with Gasteiger partial charge in [0.25, 0.3) is 0 Å². The van der Waals surface area contributed by atoms with Crippen LogP contribution in [0, 0.1) is 0 Å². The SMILES string of the molecule is CSC1CC2CCC(C1)N2C(=O)C1(c2cccs2)CCCC1. The molecule has 0 radical (unpaired) electrons. The van der Waals surface area contributed by atoms with E-state index in [1.165, 1.54) is 43.4 Å². The van der Waals surface area contributed by atoms with Gasteiger partial charge in [-0.1, -0.05) is 18.9 Å². The molecule has 1 amide bonds. The number of carbonyl (C=O) groups is 1. The van der Waals surface area contributed by atoms with Crippen LogP contribution in [0.1, 0.15) is 56.2 Å². The maximum atomic E-state index is 13.6. The summed E-state index contributed by atoms with van der Waals surface area (Å²) in [6.07, 6.45) is 11.7. The fourth-order valence-electron chi connectivity index (χ4n) is 4.99. The molecule has 2 atom stereocenters. The van der Waals surface area contributed by atoms with Crippen molar-refractivity contribution in [3.63, 3.8) is 0 Å². The van der Waals surface area contributed by atoms with Crippen LogP contribution in [0.25, 0.3) is 0 Å². The molecule has 4 heteroatoms. The first kappa shape index (κ1) is 15.1. The fraction of sp³-hybridized carbons (Fsp3) is 0.722. The zero-order valence-electron chi connectivity index (χ0n) is 13.3. The molecule has 22 heavy (non-hydrogen) atoms. The summed E-state index contributed by atoms with van der Waals surface area (Å²) in [5.41, 5.74) is -0.179. The van der Waals surface area contributed by atoms with Crippen molar-refractivity contribution < 1.29 is 4.79 Å². The fourth-order valence-corrected chi connectivity index (χ4v) is 6.80. The number of carbonyl (C=O) groups excluding carboxylic acids is 1. The van der Waals surface area contributed by atoms with Crippen molar-refractivity contribution in [1.29, 1.82) is 0 Å². The highest BCUT2D eigenvalue weighted by atomic mass is 32.2. The van der Waals surface area contributed by atoms with Crippen molar-refractivity contribution in [3.05, 3.63) is 22.4 Å². The second kappa shape index (κ2) is 5.86. The molecule has 3 aliphatic rings. The number of amides is 1. The van der Waals surface area contributed by atoms with Gasteiger partial charge in [0.15, 0.2) is 0 Å². The predicted molar refractivity (Wildman–Crippen MR) is 94.7 cm³/mol. The Labute approximate surface area is 141 Å². The lowest BCUT2D eigenvalue weighted by atomic mass is 9.81. The summed E-state index contributed by atoms with van der Waals surface area (Å²) in [5.74, 6) is 0.472. The molecule has 3 heterocycles. The molecule has 1 aromatic heterocycles. The standard InChI is InChI=1S/C18H25NOS2/c1-21-15-11-13-6-7-14(12-15)19(13)17(20)18(8-2-3-9-18)16-5-4-10-22-16/h4-5,10,13-15H,2-3,6-9,11-12H2,1H3. The predicted octanol–water partition coefficient (Wildman–Crippen LogP) is 4.44. The lowest BCUT2D eigenvalue weighted by molar-refractivity contribution is -0.141. The molecule has 1 aromatic rings. The Morgan fingerprint density at radius 1 is 1.27 bits per heavy atom. The van der Waals surface area contributed by atoms with Gasteiger partial charge in [-0.25, -0.2) is 0 Å². The Hall–Kier alpha value is -0.480. The molecule has 1 saturated carbocycles. The third-order valence-corrected chi connectivity index (χ3v) is 8.24. The second-order valence-electron chi connectivity index (χ2n) is 7.19. The van der Waals surface area contributed by atoms with Gasteiger partial charge in [-0.3, -0.25) is 4.79 Å². The van der Waals surface area contributed by atoms with Crippen LogP contribution >= 0.6 is 23.1 Å². The van der Waals surface area contributed by atoms with Crippen molar-refractivity contribution in [3.8, 4) is 0 Å². The molecule has 2 aliphatic heterocycles. The average Bonchev–Trinajstić information content (AvgIpc) is 3.26. The summed E-state index contributed by atoms with van der Waals surface area (Å²) in [6, 6.07) is 5.34. The van der Waals surface area contributed by atoms with Crippen molar-refractivity contribution in [2.45, 2.75) is 74.1 Å². The number of fused-ring (bicyclic) bond motifs is 2. The Morgan fingerprint density at radius 2 is 1.95 bits per heavy atom. The highest BCUT2D eigenvalue weighted by Crippen LogP contribution is 2.48. The lowest BCUT2D eigenvalue weighted by Gasteiger charge is -2.43. The van der Waals surface area contributed by atoms with E-state index in [2.05, 4.69) is 28.7 Å². The van der Waals surface area contributed by atoms with E-state index < -0.39 is 0 Å². The number of thioether (sulfide) groups is 1. The normalized spacial score (nSPS) is 33.3. The molecule has 4 rings (SSSR count). The average molecular weight is 336 g/mol. The molecule has 2 unspecified atom stereocenters. The molecule has 2 saturated heterocycles. The lowest BCUT2D eigenvalue weighted by Crippen LogP contribution is -2.54. The van der Waals surface area contributed by atoms with Gasteiger partial charge in [-0.15, -0.1) is 11.3 Å². The van der Waals surface area contributed by atoms with Gasteiger partial charge in [0.2, 0.25) is 5.91 Å². The summed E-state index contributed by atoms with van der Waals surface area (Å²) < 4.78 is 0. The Balaban J connectivity index is 1.63. The molecule has 0 aromatic carbocycles. The minimum Gasteiger partial charge on any atom is -0.336 e. The monoisotopic (exact) mass is 335 g/mol. The van der Waals surface area contributed by atoms with Crippen molar-refractivity contribution in [2.24, 2.45) is 0 Å². The van der Waals surface area contributed by atoms with Crippen LogP contribution in [0.4, 0.5) is 0 Å². The van der Waals surface area contributed by atoms with Crippen molar-refractivity contribution in [2.75, 3.05) is 6.26 Å². The Morgan fingerprint density at radius 3 is 2.50 bits per heavy atom. The zero-order chi connectivity index (χ0) is 15.2. The van der Waals surface area contributed by atoms with E-state index in [0.29, 0.717) is 18.0 Å². The third kappa shape index (κ3) is 2.25. The van der Waals surface area contributed by atoms with Gasteiger partial charge in [-0.05, 0) is 56.2 Å². The Bertz CT molecular complexity index is 521. The second-order valence-corrected chi connectivity index (χ2v) is 9.28. The zero-order valence-corrected chi connectivity index (χ0v) is 14.9. The van der Waals surface area contributed by atoms with Gasteiger partial charge in [0.05, 0.1) is 5.41 Å². The van der Waals surface area contributed by atoms with E-state index in [1.54, 1.807) is 11.3 Å². The summed E-state index contributed by atoms with van der Waals surface area (Å²) in [4.78, 5) is 17.3. The number of thiophene rings is 1. The van der Waals surface area contributed by atoms with E-state index in [1.807, 2.05) is 11.8 Å². The molecular formula is C18H25NOS2. The number of piperidine rings is 1. The topological polar surface area (TPSA) is 20.3 Å². The van der Waals surface area contributed by atoms with E-state index in [-0.39, 0.29) is 5.41 Å². The number of hydrogen-bond acceptors (Lipinski definition) is 3. The van der Waals surface area contributed by atoms with Crippen LogP contribution < -0.4 is 0 Å². The quantitative estimate of drug-likeness (QED) is 0.813. The number of rotatable bonds is 3. The highest BCUT2D eigenvalue weighted by Gasteiger charge is 2.52. The summed E-state index contributed by atoms with van der Waals surface area (Å²) in [5, 5.41) is 2.90. The van der Waals surface area contributed by atoms with Gasteiger partial charge < -0.3 is 4.90 Å². The molecule has 2 bridgehead atoms. The van der Waals surface area contributed by atoms with Gasteiger partial charge in [-0.2, -0.15) is 11.8 Å². The summed E-state index contributed by atoms with van der Waals surface area (Å²) in [6.45, 7) is 0. The molecule has 0 spiro atoms. The maximum Gasteiger partial charge on any atom is 0.234 e. The molecule has 1 aliphatic carbocycles. The molecule has 0 N–H and O–H groups in total. The van der Waals surface area contributed by atoms with Crippen LogP contribution in [-0.4, -0.2) is 34.4 Å². The minimum atomic E-state index is -0.179. The highest BCUT2D eigenvalue weighted by molar-refractivity contribution is 7.99. The first-order chi connectivity index (χ1) is 10.7. The third-order valence-electron chi connectivity index (χ3n) is 6.12. The molecule has 3 fully saturated rings. The van der Waals surface area contributed by atoms with Gasteiger partial charge in [0.1, 0.15) is 0 Å². The van der Waals surface area contributed by atoms with E-state index >= 15 is 0 Å². The summed E-state index contributed by atoms with van der Waals surface area (Å²) in [7, 11) is 0.